The third kappa shape index (κ3) is 4.50. The molecule has 1 aromatic carbocycles. The summed E-state index contributed by atoms with van der Waals surface area (Å²) < 4.78 is 81.3. The fourth-order valence-electron chi connectivity index (χ4n) is 2.77. The molecule has 0 saturated carbocycles. The molecule has 0 fully saturated rings. The molecule has 0 amide bonds. The van der Waals surface area contributed by atoms with E-state index in [0.717, 1.165) is 15.2 Å². The lowest BCUT2D eigenvalue weighted by Gasteiger charge is -2.22. The van der Waals surface area contributed by atoms with Gasteiger partial charge in [-0.25, -0.2) is 9.59 Å². The first-order chi connectivity index (χ1) is 14.3. The lowest BCUT2D eigenvalue weighted by molar-refractivity contribution is -0.307. The molecule has 13 heteroatoms. The van der Waals surface area contributed by atoms with Gasteiger partial charge in [-0.15, -0.1) is 11.3 Å². The minimum atomic E-state index is -5.88. The smallest absolute Gasteiger partial charge is 0.434 e. The molecule has 0 bridgehead atoms. The molecule has 166 valence electrons. The Morgan fingerprint density at radius 2 is 1.65 bits per heavy atom. The molecule has 3 aromatic rings. The molecule has 0 saturated heterocycles. The summed E-state index contributed by atoms with van der Waals surface area (Å²) in [5.41, 5.74) is -1.01. The fourth-order valence-corrected chi connectivity index (χ4v) is 3.76. The average Bonchev–Trinajstić information content (AvgIpc) is 3.12. The largest absolute Gasteiger partial charge is 0.439 e. The number of carbonyl (C=O) groups excluding carboxylic acids is 1. The molecule has 0 atom stereocenters. The Hall–Kier alpha value is -3.09. The summed E-state index contributed by atoms with van der Waals surface area (Å²) in [5, 5.41) is -0.217. The Balaban J connectivity index is 2.04. The van der Waals surface area contributed by atoms with Gasteiger partial charge in [-0.3, -0.25) is 13.9 Å². The van der Waals surface area contributed by atoms with Crippen molar-refractivity contribution in [3.05, 3.63) is 67.7 Å². The van der Waals surface area contributed by atoms with E-state index >= 15 is 0 Å². The van der Waals surface area contributed by atoms with Crippen molar-refractivity contribution in [3.63, 3.8) is 0 Å². The van der Waals surface area contributed by atoms with Crippen molar-refractivity contribution < 1.29 is 35.9 Å². The molecule has 0 aliphatic carbocycles. The van der Waals surface area contributed by atoms with Gasteiger partial charge in [-0.1, -0.05) is 30.3 Å². The van der Waals surface area contributed by atoms with Crippen LogP contribution in [0.1, 0.15) is 15.2 Å². The molecular weight excluding hydrogens is 454 g/mol. The first-order valence-electron chi connectivity index (χ1n) is 8.42. The molecule has 0 unspecified atom stereocenters. The number of benzene rings is 1. The molecule has 0 N–H and O–H groups in total. The maximum Gasteiger partial charge on any atom is 0.434 e. The van der Waals surface area contributed by atoms with E-state index in [4.69, 9.17) is 0 Å². The summed E-state index contributed by atoms with van der Waals surface area (Å²) in [6.45, 7) is -0.123. The first-order valence-corrected chi connectivity index (χ1v) is 9.24. The van der Waals surface area contributed by atoms with Crippen LogP contribution < -0.4 is 11.2 Å². The van der Waals surface area contributed by atoms with E-state index in [9.17, 15) is 40.7 Å². The molecule has 31 heavy (non-hydrogen) atoms. The van der Waals surface area contributed by atoms with E-state index in [-0.39, 0.29) is 16.8 Å². The maximum absolute atomic E-state index is 12.7. The molecular formula is C18H12F6N2O4S. The second kappa shape index (κ2) is 7.87. The quantitative estimate of drug-likeness (QED) is 0.436. The Labute approximate surface area is 172 Å². The standard InChI is InChI=1S/C18H12F6N2O4S/c1-25-13-10(12(27)26(16(25)29)8-9-5-3-2-4-6-9)7-11(31-13)14(28)30-15(17(19,20)21)18(22,23)24/h2-7,15H,8H2,1H3. The van der Waals surface area contributed by atoms with Crippen LogP contribution in [0, 0.1) is 0 Å². The normalized spacial score (nSPS) is 12.5. The van der Waals surface area contributed by atoms with Crippen molar-refractivity contribution in [1.29, 1.82) is 0 Å². The summed E-state index contributed by atoms with van der Waals surface area (Å²) in [6, 6.07) is 9.20. The topological polar surface area (TPSA) is 70.3 Å². The van der Waals surface area contributed by atoms with Crippen molar-refractivity contribution in [2.45, 2.75) is 25.0 Å². The number of halogens is 6. The number of ether oxygens (including phenoxy) is 1. The number of esters is 1. The number of alkyl halides is 6. The summed E-state index contributed by atoms with van der Waals surface area (Å²) in [4.78, 5) is 36.5. The minimum Gasteiger partial charge on any atom is -0.439 e. The van der Waals surface area contributed by atoms with Crippen molar-refractivity contribution in [2.75, 3.05) is 0 Å². The highest BCUT2D eigenvalue weighted by molar-refractivity contribution is 7.20. The van der Waals surface area contributed by atoms with Gasteiger partial charge in [0.25, 0.3) is 11.7 Å². The van der Waals surface area contributed by atoms with E-state index in [1.165, 1.54) is 7.05 Å². The van der Waals surface area contributed by atoms with Crippen molar-refractivity contribution in [3.8, 4) is 0 Å². The van der Waals surface area contributed by atoms with Crippen molar-refractivity contribution >= 4 is 27.5 Å². The van der Waals surface area contributed by atoms with Gasteiger partial charge >= 0.3 is 24.0 Å². The van der Waals surface area contributed by atoms with Crippen LogP contribution >= 0.6 is 11.3 Å². The molecule has 2 heterocycles. The predicted octanol–water partition coefficient (Wildman–Crippen LogP) is 3.46. The highest BCUT2D eigenvalue weighted by Crippen LogP contribution is 2.36. The van der Waals surface area contributed by atoms with Gasteiger partial charge in [0.2, 0.25) is 0 Å². The molecule has 6 nitrogen and oxygen atoms in total. The number of nitrogens with zero attached hydrogens (tertiary/aromatic N) is 2. The predicted molar refractivity (Wildman–Crippen MR) is 98.2 cm³/mol. The van der Waals surface area contributed by atoms with Crippen LogP contribution in [-0.2, 0) is 18.3 Å². The van der Waals surface area contributed by atoms with E-state index < -0.39 is 40.6 Å². The fraction of sp³-hybridized carbons (Fsp3) is 0.278. The van der Waals surface area contributed by atoms with Gasteiger partial charge < -0.3 is 4.74 Å². The number of carbonyl (C=O) groups is 1. The van der Waals surface area contributed by atoms with E-state index in [1.807, 2.05) is 0 Å². The van der Waals surface area contributed by atoms with Crippen LogP contribution in [0.4, 0.5) is 26.3 Å². The van der Waals surface area contributed by atoms with E-state index in [2.05, 4.69) is 4.74 Å². The Kier molecular flexibility index (Phi) is 5.74. The number of aryl methyl sites for hydroxylation is 1. The maximum atomic E-state index is 12.7. The van der Waals surface area contributed by atoms with Gasteiger partial charge in [0.1, 0.15) is 9.71 Å². The number of hydrogen-bond acceptors (Lipinski definition) is 5. The monoisotopic (exact) mass is 466 g/mol. The van der Waals surface area contributed by atoms with Crippen LogP contribution in [0.2, 0.25) is 0 Å². The van der Waals surface area contributed by atoms with Crippen molar-refractivity contribution in [1.82, 2.24) is 9.13 Å². The molecule has 0 aliphatic heterocycles. The third-order valence-corrected chi connectivity index (χ3v) is 5.41. The molecule has 2 aromatic heterocycles. The first kappa shape index (κ1) is 22.6. The zero-order chi connectivity index (χ0) is 23.1. The summed E-state index contributed by atoms with van der Waals surface area (Å²) in [7, 11) is 1.26. The number of fused-ring (bicyclic) bond motifs is 1. The Morgan fingerprint density at radius 1 is 1.06 bits per heavy atom. The third-order valence-electron chi connectivity index (χ3n) is 4.21. The van der Waals surface area contributed by atoms with Crippen LogP contribution in [0.15, 0.2) is 46.0 Å². The van der Waals surface area contributed by atoms with Crippen molar-refractivity contribution in [2.24, 2.45) is 7.05 Å². The summed E-state index contributed by atoms with van der Waals surface area (Å²) in [5.74, 6) is -1.91. The van der Waals surface area contributed by atoms with Gasteiger partial charge in [-0.05, 0) is 11.6 Å². The number of hydrogen-bond donors (Lipinski definition) is 0. The Bertz CT molecular complexity index is 1230. The van der Waals surface area contributed by atoms with E-state index in [0.29, 0.717) is 16.9 Å². The highest BCUT2D eigenvalue weighted by Gasteiger charge is 2.60. The summed E-state index contributed by atoms with van der Waals surface area (Å²) >= 11 is 0.379. The number of aromatic nitrogens is 2. The molecule has 3 rings (SSSR count). The lowest BCUT2D eigenvalue weighted by atomic mass is 10.2. The lowest BCUT2D eigenvalue weighted by Crippen LogP contribution is -2.45. The van der Waals surface area contributed by atoms with Crippen LogP contribution in [0.25, 0.3) is 10.2 Å². The highest BCUT2D eigenvalue weighted by atomic mass is 32.1. The number of rotatable bonds is 4. The van der Waals surface area contributed by atoms with Gasteiger partial charge in [0, 0.05) is 7.05 Å². The van der Waals surface area contributed by atoms with Gasteiger partial charge in [-0.2, -0.15) is 26.3 Å². The summed E-state index contributed by atoms with van der Waals surface area (Å²) in [6.07, 6.45) is -16.1. The zero-order valence-electron chi connectivity index (χ0n) is 15.5. The number of thiophene rings is 1. The van der Waals surface area contributed by atoms with E-state index in [1.54, 1.807) is 30.3 Å². The van der Waals surface area contributed by atoms with Crippen LogP contribution in [0.5, 0.6) is 0 Å². The minimum absolute atomic E-state index is 0.0955. The average molecular weight is 466 g/mol. The Morgan fingerprint density at radius 3 is 2.19 bits per heavy atom. The molecule has 0 radical (unpaired) electrons. The van der Waals surface area contributed by atoms with Crippen LogP contribution in [-0.4, -0.2) is 33.6 Å². The van der Waals surface area contributed by atoms with Gasteiger partial charge in [0.15, 0.2) is 0 Å². The van der Waals surface area contributed by atoms with Gasteiger partial charge in [0.05, 0.1) is 11.9 Å². The molecule has 0 spiro atoms. The second-order valence-corrected chi connectivity index (χ2v) is 7.45. The SMILES string of the molecule is Cn1c(=O)n(Cc2ccccc2)c(=O)c2cc(C(=O)OC(C(F)(F)F)C(F)(F)F)sc21. The van der Waals surface area contributed by atoms with Crippen LogP contribution in [0.3, 0.4) is 0 Å². The second-order valence-electron chi connectivity index (χ2n) is 6.42. The zero-order valence-corrected chi connectivity index (χ0v) is 16.3. The molecule has 0 aliphatic rings.